The van der Waals surface area contributed by atoms with E-state index in [0.717, 1.165) is 11.1 Å². The van der Waals surface area contributed by atoms with Crippen LogP contribution in [-0.4, -0.2) is 32.0 Å². The minimum atomic E-state index is -0.549. The molecule has 0 saturated carbocycles. The van der Waals surface area contributed by atoms with Gasteiger partial charge in [0.05, 0.1) is 19.5 Å². The van der Waals surface area contributed by atoms with Crippen molar-refractivity contribution in [3.63, 3.8) is 0 Å². The number of pyridine rings is 1. The standard InChI is InChI=1S/C19H16ClFN6O/c1-10(27-19-16-18(24-8-23-16)25-9-26-19)13-5-12(20)6-14(17(13)28-2)11-3-4-15(21)22-7-11/h3-10H,1-2H3,(H2,23,24,25,26,27). The molecule has 2 N–H and O–H groups in total. The first-order valence-electron chi connectivity index (χ1n) is 8.46. The number of hydrogen-bond donors (Lipinski definition) is 2. The van der Waals surface area contributed by atoms with E-state index in [9.17, 15) is 4.39 Å². The fourth-order valence-electron chi connectivity index (χ4n) is 3.07. The monoisotopic (exact) mass is 398 g/mol. The minimum Gasteiger partial charge on any atom is -0.496 e. The Balaban J connectivity index is 1.76. The highest BCUT2D eigenvalue weighted by Gasteiger charge is 2.19. The van der Waals surface area contributed by atoms with Crippen LogP contribution in [-0.2, 0) is 0 Å². The van der Waals surface area contributed by atoms with Gasteiger partial charge in [-0.05, 0) is 31.2 Å². The van der Waals surface area contributed by atoms with Crippen LogP contribution in [0.4, 0.5) is 10.2 Å². The maximum atomic E-state index is 13.2. The molecule has 0 bridgehead atoms. The third kappa shape index (κ3) is 3.34. The minimum absolute atomic E-state index is 0.206. The molecule has 4 rings (SSSR count). The highest BCUT2D eigenvalue weighted by atomic mass is 35.5. The summed E-state index contributed by atoms with van der Waals surface area (Å²) in [6, 6.07) is 6.32. The van der Waals surface area contributed by atoms with Gasteiger partial charge in [-0.15, -0.1) is 0 Å². The molecule has 0 fully saturated rings. The number of benzene rings is 1. The Bertz CT molecular complexity index is 1130. The van der Waals surface area contributed by atoms with Gasteiger partial charge in [0.25, 0.3) is 0 Å². The number of nitrogens with zero attached hydrogens (tertiary/aromatic N) is 4. The van der Waals surface area contributed by atoms with E-state index in [0.29, 0.717) is 33.3 Å². The van der Waals surface area contributed by atoms with E-state index >= 15 is 0 Å². The molecule has 7 nitrogen and oxygen atoms in total. The Morgan fingerprint density at radius 3 is 2.79 bits per heavy atom. The lowest BCUT2D eigenvalue weighted by atomic mass is 9.99. The molecule has 0 aliphatic carbocycles. The first-order valence-corrected chi connectivity index (χ1v) is 8.84. The number of methoxy groups -OCH3 is 1. The average molecular weight is 399 g/mol. The van der Waals surface area contributed by atoms with Gasteiger partial charge in [0.15, 0.2) is 11.5 Å². The molecule has 0 aliphatic rings. The molecule has 0 aliphatic heterocycles. The number of imidazole rings is 1. The zero-order chi connectivity index (χ0) is 19.7. The lowest BCUT2D eigenvalue weighted by molar-refractivity contribution is 0.409. The average Bonchev–Trinajstić information content (AvgIpc) is 3.18. The molecule has 9 heteroatoms. The summed E-state index contributed by atoms with van der Waals surface area (Å²) in [7, 11) is 1.58. The molecule has 3 heterocycles. The van der Waals surface area contributed by atoms with Crippen LogP contribution in [0.1, 0.15) is 18.5 Å². The van der Waals surface area contributed by atoms with E-state index in [2.05, 4.69) is 30.2 Å². The summed E-state index contributed by atoms with van der Waals surface area (Å²) in [4.78, 5) is 19.3. The van der Waals surface area contributed by atoms with E-state index in [4.69, 9.17) is 16.3 Å². The van der Waals surface area contributed by atoms with Gasteiger partial charge >= 0.3 is 0 Å². The van der Waals surface area contributed by atoms with Crippen molar-refractivity contribution in [1.82, 2.24) is 24.9 Å². The van der Waals surface area contributed by atoms with Crippen molar-refractivity contribution in [3.05, 3.63) is 59.7 Å². The number of ether oxygens (including phenoxy) is 1. The van der Waals surface area contributed by atoms with Crippen molar-refractivity contribution in [2.24, 2.45) is 0 Å². The third-order valence-electron chi connectivity index (χ3n) is 4.37. The SMILES string of the molecule is COc1c(-c2ccc(F)nc2)cc(Cl)cc1C(C)Nc1ncnc2nc[nH]c12. The largest absolute Gasteiger partial charge is 0.496 e. The zero-order valence-electron chi connectivity index (χ0n) is 15.1. The quantitative estimate of drug-likeness (QED) is 0.485. The number of rotatable bonds is 5. The van der Waals surface area contributed by atoms with Gasteiger partial charge in [-0.3, -0.25) is 0 Å². The van der Waals surface area contributed by atoms with E-state index in [1.165, 1.54) is 18.6 Å². The molecule has 4 aromatic rings. The topological polar surface area (TPSA) is 88.6 Å². The number of anilines is 1. The van der Waals surface area contributed by atoms with Crippen molar-refractivity contribution in [2.45, 2.75) is 13.0 Å². The normalized spacial score (nSPS) is 12.1. The van der Waals surface area contributed by atoms with E-state index in [-0.39, 0.29) is 6.04 Å². The molecule has 1 unspecified atom stereocenters. The van der Waals surface area contributed by atoms with Gasteiger partial charge < -0.3 is 15.0 Å². The molecule has 0 spiro atoms. The molecule has 1 aromatic carbocycles. The molecule has 0 saturated heterocycles. The third-order valence-corrected chi connectivity index (χ3v) is 4.59. The van der Waals surface area contributed by atoms with Gasteiger partial charge in [-0.25, -0.2) is 19.9 Å². The molecule has 142 valence electrons. The van der Waals surface area contributed by atoms with Crippen LogP contribution in [0, 0.1) is 5.95 Å². The molecule has 3 aromatic heterocycles. The predicted molar refractivity (Wildman–Crippen MR) is 105 cm³/mol. The molecular formula is C19H16ClFN6O. The Hall–Kier alpha value is -3.26. The molecule has 1 atom stereocenters. The number of fused-ring (bicyclic) bond motifs is 1. The summed E-state index contributed by atoms with van der Waals surface area (Å²) in [5, 5.41) is 3.87. The second-order valence-corrected chi connectivity index (χ2v) is 6.57. The van der Waals surface area contributed by atoms with E-state index in [1.54, 1.807) is 25.6 Å². The fourth-order valence-corrected chi connectivity index (χ4v) is 3.30. The number of nitrogens with one attached hydrogen (secondary N) is 2. The van der Waals surface area contributed by atoms with E-state index < -0.39 is 5.95 Å². The van der Waals surface area contributed by atoms with Crippen molar-refractivity contribution in [2.75, 3.05) is 12.4 Å². The van der Waals surface area contributed by atoms with Gasteiger partial charge in [-0.2, -0.15) is 4.39 Å². The lowest BCUT2D eigenvalue weighted by Crippen LogP contribution is -2.10. The smallest absolute Gasteiger partial charge is 0.212 e. The highest BCUT2D eigenvalue weighted by molar-refractivity contribution is 6.31. The first kappa shape index (κ1) is 18.1. The van der Waals surface area contributed by atoms with Gasteiger partial charge in [-0.1, -0.05) is 11.6 Å². The summed E-state index contributed by atoms with van der Waals surface area (Å²) in [5.41, 5.74) is 3.52. The number of H-pyrrole nitrogens is 1. The Morgan fingerprint density at radius 1 is 1.18 bits per heavy atom. The predicted octanol–water partition coefficient (Wildman–Crippen LogP) is 4.39. The van der Waals surface area contributed by atoms with Crippen molar-refractivity contribution in [1.29, 1.82) is 0 Å². The summed E-state index contributed by atoms with van der Waals surface area (Å²) < 4.78 is 18.9. The second kappa shape index (κ2) is 7.40. The first-order chi connectivity index (χ1) is 13.6. The molecule has 0 radical (unpaired) electrons. The summed E-state index contributed by atoms with van der Waals surface area (Å²) in [5.74, 6) is 0.682. The summed E-state index contributed by atoms with van der Waals surface area (Å²) in [6.07, 6.45) is 4.46. The Morgan fingerprint density at radius 2 is 2.04 bits per heavy atom. The van der Waals surface area contributed by atoms with Crippen LogP contribution in [0.3, 0.4) is 0 Å². The Labute approximate surface area is 165 Å². The molecule has 28 heavy (non-hydrogen) atoms. The number of halogens is 2. The maximum Gasteiger partial charge on any atom is 0.212 e. The van der Waals surface area contributed by atoms with Crippen LogP contribution in [0.5, 0.6) is 5.75 Å². The number of aromatic nitrogens is 5. The number of hydrogen-bond acceptors (Lipinski definition) is 6. The van der Waals surface area contributed by atoms with Crippen LogP contribution in [0.2, 0.25) is 5.02 Å². The summed E-state index contributed by atoms with van der Waals surface area (Å²) in [6.45, 7) is 1.96. The summed E-state index contributed by atoms with van der Waals surface area (Å²) >= 11 is 6.37. The van der Waals surface area contributed by atoms with Crippen molar-refractivity contribution in [3.8, 4) is 16.9 Å². The fraction of sp³-hybridized carbons (Fsp3) is 0.158. The van der Waals surface area contributed by atoms with Crippen molar-refractivity contribution >= 4 is 28.6 Å². The number of aromatic amines is 1. The maximum absolute atomic E-state index is 13.2. The zero-order valence-corrected chi connectivity index (χ0v) is 15.8. The van der Waals surface area contributed by atoms with Crippen molar-refractivity contribution < 1.29 is 9.13 Å². The van der Waals surface area contributed by atoms with Crippen LogP contribution in [0.25, 0.3) is 22.3 Å². The van der Waals surface area contributed by atoms with Gasteiger partial charge in [0, 0.05) is 27.9 Å². The van der Waals surface area contributed by atoms with E-state index in [1.807, 2.05) is 13.0 Å². The second-order valence-electron chi connectivity index (χ2n) is 6.13. The Kier molecular flexibility index (Phi) is 4.79. The molecular weight excluding hydrogens is 383 g/mol. The lowest BCUT2D eigenvalue weighted by Gasteiger charge is -2.21. The van der Waals surface area contributed by atoms with Crippen LogP contribution in [0.15, 0.2) is 43.1 Å². The molecule has 0 amide bonds. The van der Waals surface area contributed by atoms with Gasteiger partial charge in [0.2, 0.25) is 5.95 Å². The van der Waals surface area contributed by atoms with Crippen LogP contribution >= 0.6 is 11.6 Å². The van der Waals surface area contributed by atoms with Gasteiger partial charge in [0.1, 0.15) is 17.6 Å². The highest BCUT2D eigenvalue weighted by Crippen LogP contribution is 2.39. The van der Waals surface area contributed by atoms with Crippen LogP contribution < -0.4 is 10.1 Å².